The van der Waals surface area contributed by atoms with E-state index in [1.807, 2.05) is 0 Å². The Kier molecular flexibility index (Phi) is 1.65. The molecule has 0 unspecified atom stereocenters. The Balaban J connectivity index is 2.39. The van der Waals surface area contributed by atoms with Crippen LogP contribution in [-0.2, 0) is 4.74 Å². The van der Waals surface area contributed by atoms with Crippen LogP contribution in [0.5, 0.6) is 0 Å². The topological polar surface area (TPSA) is 21.3 Å². The minimum atomic E-state index is 0.470. The number of ether oxygens (including phenoxy) is 1. The van der Waals surface area contributed by atoms with Crippen LogP contribution in [0.15, 0.2) is 12.5 Å². The molecule has 1 atom stereocenters. The molecule has 1 fully saturated rings. The van der Waals surface area contributed by atoms with Gasteiger partial charge in [-0.2, -0.15) is 0 Å². The summed E-state index contributed by atoms with van der Waals surface area (Å²) < 4.78 is 5.12. The highest BCUT2D eigenvalue weighted by Gasteiger charge is 2.20. The van der Waals surface area contributed by atoms with Gasteiger partial charge in [-0.3, -0.25) is 0 Å². The Morgan fingerprint density at radius 2 is 2.44 bits per heavy atom. The van der Waals surface area contributed by atoms with Crippen molar-refractivity contribution < 1.29 is 4.74 Å². The molecule has 0 aromatic carbocycles. The lowest BCUT2D eigenvalue weighted by Crippen LogP contribution is -2.28. The standard InChI is InChI=1S/C7H13NO/c1-5(2)7-4-9-6(3)8-7/h5,7-8H,3-4H2,1-2H3/t7-/m1/s1. The summed E-state index contributed by atoms with van der Waals surface area (Å²) in [4.78, 5) is 0. The molecule has 1 N–H and O–H groups in total. The van der Waals surface area contributed by atoms with Gasteiger partial charge in [-0.25, -0.2) is 0 Å². The molecule has 0 amide bonds. The van der Waals surface area contributed by atoms with Crippen LogP contribution in [-0.4, -0.2) is 12.6 Å². The van der Waals surface area contributed by atoms with Crippen molar-refractivity contribution in [1.82, 2.24) is 5.32 Å². The van der Waals surface area contributed by atoms with E-state index in [9.17, 15) is 0 Å². The summed E-state index contributed by atoms with van der Waals surface area (Å²) in [6.45, 7) is 8.76. The fraction of sp³-hybridized carbons (Fsp3) is 0.714. The monoisotopic (exact) mass is 127 g/mol. The van der Waals surface area contributed by atoms with Crippen LogP contribution in [0.2, 0.25) is 0 Å². The molecular formula is C7H13NO. The van der Waals surface area contributed by atoms with E-state index in [2.05, 4.69) is 25.7 Å². The Bertz CT molecular complexity index is 120. The summed E-state index contributed by atoms with van der Waals surface area (Å²) >= 11 is 0. The molecule has 0 aromatic rings. The molecule has 1 rings (SSSR count). The second kappa shape index (κ2) is 2.29. The lowest BCUT2D eigenvalue weighted by atomic mass is 10.1. The first-order valence-corrected chi connectivity index (χ1v) is 3.28. The Hall–Kier alpha value is -0.660. The van der Waals surface area contributed by atoms with Gasteiger partial charge in [-0.15, -0.1) is 0 Å². The van der Waals surface area contributed by atoms with Crippen LogP contribution in [0.3, 0.4) is 0 Å². The minimum absolute atomic E-state index is 0.470. The Morgan fingerprint density at radius 3 is 2.67 bits per heavy atom. The zero-order valence-corrected chi connectivity index (χ0v) is 5.98. The maximum absolute atomic E-state index is 5.12. The second-order valence-corrected chi connectivity index (χ2v) is 2.73. The summed E-state index contributed by atoms with van der Waals surface area (Å²) in [5.74, 6) is 1.35. The molecule has 0 radical (unpaired) electrons. The third-order valence-electron chi connectivity index (χ3n) is 1.59. The average Bonchev–Trinajstić information content (AvgIpc) is 2.14. The van der Waals surface area contributed by atoms with Crippen molar-refractivity contribution in [3.63, 3.8) is 0 Å². The van der Waals surface area contributed by atoms with Crippen LogP contribution in [0.4, 0.5) is 0 Å². The lowest BCUT2D eigenvalue weighted by Gasteiger charge is -2.10. The molecule has 9 heavy (non-hydrogen) atoms. The second-order valence-electron chi connectivity index (χ2n) is 2.73. The van der Waals surface area contributed by atoms with Crippen LogP contribution < -0.4 is 5.32 Å². The van der Waals surface area contributed by atoms with Gasteiger partial charge in [0.25, 0.3) is 0 Å². The van der Waals surface area contributed by atoms with Gasteiger partial charge in [0.05, 0.1) is 6.04 Å². The summed E-state index contributed by atoms with van der Waals surface area (Å²) in [5, 5.41) is 3.14. The van der Waals surface area contributed by atoms with Gasteiger partial charge in [-0.1, -0.05) is 13.8 Å². The highest BCUT2D eigenvalue weighted by Crippen LogP contribution is 2.11. The third-order valence-corrected chi connectivity index (χ3v) is 1.59. The zero-order valence-electron chi connectivity index (χ0n) is 5.98. The SMILES string of the molecule is C=C1N[C@@H](C(C)C)CO1. The lowest BCUT2D eigenvalue weighted by molar-refractivity contribution is 0.245. The average molecular weight is 127 g/mol. The van der Waals surface area contributed by atoms with E-state index in [1.165, 1.54) is 0 Å². The van der Waals surface area contributed by atoms with E-state index in [0.717, 1.165) is 6.61 Å². The summed E-state index contributed by atoms with van der Waals surface area (Å²) in [5.41, 5.74) is 0. The molecule has 52 valence electrons. The first-order valence-electron chi connectivity index (χ1n) is 3.28. The molecule has 1 aliphatic heterocycles. The highest BCUT2D eigenvalue weighted by molar-refractivity contribution is 4.91. The number of hydrogen-bond donors (Lipinski definition) is 1. The molecule has 0 saturated carbocycles. The summed E-state index contributed by atoms with van der Waals surface area (Å²) in [6.07, 6.45) is 0. The summed E-state index contributed by atoms with van der Waals surface area (Å²) in [6, 6.07) is 0.470. The molecule has 0 aliphatic carbocycles. The quantitative estimate of drug-likeness (QED) is 0.569. The van der Waals surface area contributed by atoms with E-state index in [-0.39, 0.29) is 0 Å². The van der Waals surface area contributed by atoms with Crippen molar-refractivity contribution in [2.75, 3.05) is 6.61 Å². The maximum Gasteiger partial charge on any atom is 0.179 e. The zero-order chi connectivity index (χ0) is 6.85. The van der Waals surface area contributed by atoms with Crippen molar-refractivity contribution in [1.29, 1.82) is 0 Å². The van der Waals surface area contributed by atoms with E-state index in [4.69, 9.17) is 4.74 Å². The first-order chi connectivity index (χ1) is 4.20. The molecule has 1 saturated heterocycles. The predicted octanol–water partition coefficient (Wildman–Crippen LogP) is 1.10. The van der Waals surface area contributed by atoms with Crippen molar-refractivity contribution in [2.45, 2.75) is 19.9 Å². The molecular weight excluding hydrogens is 114 g/mol. The van der Waals surface area contributed by atoms with E-state index >= 15 is 0 Å². The van der Waals surface area contributed by atoms with Crippen LogP contribution in [0.1, 0.15) is 13.8 Å². The Labute approximate surface area is 55.9 Å². The van der Waals surface area contributed by atoms with Crippen LogP contribution >= 0.6 is 0 Å². The molecule has 1 heterocycles. The van der Waals surface area contributed by atoms with Crippen molar-refractivity contribution in [2.24, 2.45) is 5.92 Å². The third kappa shape index (κ3) is 1.37. The number of hydrogen-bond acceptors (Lipinski definition) is 2. The fourth-order valence-corrected chi connectivity index (χ4v) is 0.840. The van der Waals surface area contributed by atoms with Crippen LogP contribution in [0.25, 0.3) is 0 Å². The fourth-order valence-electron chi connectivity index (χ4n) is 0.840. The van der Waals surface area contributed by atoms with Crippen molar-refractivity contribution in [3.05, 3.63) is 12.5 Å². The highest BCUT2D eigenvalue weighted by atomic mass is 16.5. The molecule has 2 nitrogen and oxygen atoms in total. The van der Waals surface area contributed by atoms with Gasteiger partial charge in [0, 0.05) is 0 Å². The van der Waals surface area contributed by atoms with Crippen molar-refractivity contribution in [3.8, 4) is 0 Å². The van der Waals surface area contributed by atoms with Crippen molar-refractivity contribution >= 4 is 0 Å². The molecule has 0 spiro atoms. The van der Waals surface area contributed by atoms with E-state index in [1.54, 1.807) is 0 Å². The minimum Gasteiger partial charge on any atom is -0.477 e. The van der Waals surface area contributed by atoms with Gasteiger partial charge in [0.15, 0.2) is 5.88 Å². The Morgan fingerprint density at radius 1 is 1.78 bits per heavy atom. The smallest absolute Gasteiger partial charge is 0.179 e. The molecule has 0 aromatic heterocycles. The first kappa shape index (κ1) is 6.46. The molecule has 2 heteroatoms. The van der Waals surface area contributed by atoms with Gasteiger partial charge in [0.2, 0.25) is 0 Å². The van der Waals surface area contributed by atoms with Crippen LogP contribution in [0, 0.1) is 5.92 Å². The number of rotatable bonds is 1. The maximum atomic E-state index is 5.12. The van der Waals surface area contributed by atoms with Gasteiger partial charge in [-0.05, 0) is 12.5 Å². The van der Waals surface area contributed by atoms with Gasteiger partial charge >= 0.3 is 0 Å². The predicted molar refractivity (Wildman–Crippen MR) is 36.9 cm³/mol. The van der Waals surface area contributed by atoms with Gasteiger partial charge < -0.3 is 10.1 Å². The largest absolute Gasteiger partial charge is 0.477 e. The van der Waals surface area contributed by atoms with Gasteiger partial charge in [0.1, 0.15) is 6.61 Å². The normalized spacial score (nSPS) is 26.1. The van der Waals surface area contributed by atoms with E-state index < -0.39 is 0 Å². The van der Waals surface area contributed by atoms with E-state index in [0.29, 0.717) is 17.8 Å². The summed E-state index contributed by atoms with van der Waals surface area (Å²) in [7, 11) is 0. The molecule has 1 aliphatic rings. The number of nitrogens with one attached hydrogen (secondary N) is 1. The molecule has 0 bridgehead atoms.